The maximum absolute atomic E-state index is 13.1. The summed E-state index contributed by atoms with van der Waals surface area (Å²) in [6, 6.07) is 19.9. The third-order valence-corrected chi connectivity index (χ3v) is 6.69. The van der Waals surface area contributed by atoms with Crippen LogP contribution in [-0.4, -0.2) is 43.0 Å². The number of hydrogen-bond acceptors (Lipinski definition) is 6. The first-order chi connectivity index (χ1) is 18.9. The number of H-pyrrole nitrogens is 2. The molecule has 194 valence electrons. The molecule has 6 aromatic rings. The molecule has 3 aromatic heterocycles. The van der Waals surface area contributed by atoms with Gasteiger partial charge < -0.3 is 25.1 Å². The van der Waals surface area contributed by atoms with Crippen LogP contribution in [0.2, 0.25) is 0 Å². The van der Waals surface area contributed by atoms with Gasteiger partial charge in [0.2, 0.25) is 5.88 Å². The lowest BCUT2D eigenvalue weighted by Crippen LogP contribution is -2.27. The predicted molar refractivity (Wildman–Crippen MR) is 150 cm³/mol. The molecule has 0 aliphatic heterocycles. The molecule has 9 nitrogen and oxygen atoms in total. The Labute approximate surface area is 223 Å². The van der Waals surface area contributed by atoms with Gasteiger partial charge in [0.25, 0.3) is 5.91 Å². The van der Waals surface area contributed by atoms with Crippen LogP contribution in [0.5, 0.6) is 11.6 Å². The Balaban J connectivity index is 1.27. The molecule has 0 aliphatic rings. The highest BCUT2D eigenvalue weighted by atomic mass is 16.5. The number of aryl methyl sites for hydroxylation is 1. The molecule has 4 N–H and O–H groups in total. The molecule has 0 saturated heterocycles. The standard InChI is InChI=1S/C30H26N6O3/c1-16-6-9-22-24(13-16)35-27(33-22)17(2)32-29(38)19-7-10-23-25(15-19)36-28(34-23)21-14-18(8-11-26(21)37)20-5-4-12-31-30(20)39-3/h4-15,17,37H,1-3H3,(H,32,38)(H,33,35)(H,34,36). The molecule has 0 bridgehead atoms. The summed E-state index contributed by atoms with van der Waals surface area (Å²) in [5.41, 5.74) is 6.89. The number of hydrogen-bond donors (Lipinski definition) is 4. The molecular formula is C30H26N6O3. The molecule has 39 heavy (non-hydrogen) atoms. The van der Waals surface area contributed by atoms with E-state index in [9.17, 15) is 9.90 Å². The molecule has 0 radical (unpaired) electrons. The smallest absolute Gasteiger partial charge is 0.251 e. The number of rotatable bonds is 6. The fourth-order valence-corrected chi connectivity index (χ4v) is 4.63. The maximum atomic E-state index is 13.1. The first-order valence-electron chi connectivity index (χ1n) is 12.5. The summed E-state index contributed by atoms with van der Waals surface area (Å²) >= 11 is 0. The summed E-state index contributed by atoms with van der Waals surface area (Å²) in [4.78, 5) is 33.2. The summed E-state index contributed by atoms with van der Waals surface area (Å²) in [6.07, 6.45) is 1.66. The van der Waals surface area contributed by atoms with E-state index in [4.69, 9.17) is 4.74 Å². The van der Waals surface area contributed by atoms with E-state index in [2.05, 4.69) is 30.2 Å². The van der Waals surface area contributed by atoms with E-state index in [0.717, 1.165) is 27.7 Å². The summed E-state index contributed by atoms with van der Waals surface area (Å²) < 4.78 is 5.39. The third kappa shape index (κ3) is 4.54. The highest BCUT2D eigenvalue weighted by Gasteiger charge is 2.18. The van der Waals surface area contributed by atoms with Gasteiger partial charge in [0.1, 0.15) is 17.4 Å². The van der Waals surface area contributed by atoms with Gasteiger partial charge >= 0.3 is 0 Å². The van der Waals surface area contributed by atoms with Crippen LogP contribution >= 0.6 is 0 Å². The van der Waals surface area contributed by atoms with Gasteiger partial charge in [0.05, 0.1) is 40.8 Å². The minimum Gasteiger partial charge on any atom is -0.507 e. The Morgan fingerprint density at radius 3 is 2.67 bits per heavy atom. The Morgan fingerprint density at radius 2 is 1.82 bits per heavy atom. The molecule has 3 heterocycles. The van der Waals surface area contributed by atoms with Gasteiger partial charge in [-0.2, -0.15) is 0 Å². The molecule has 9 heteroatoms. The first-order valence-corrected chi connectivity index (χ1v) is 12.5. The highest BCUT2D eigenvalue weighted by molar-refractivity contribution is 5.98. The largest absolute Gasteiger partial charge is 0.507 e. The normalized spacial score (nSPS) is 12.1. The number of amides is 1. The second kappa shape index (κ2) is 9.60. The second-order valence-electron chi connectivity index (χ2n) is 9.45. The van der Waals surface area contributed by atoms with Crippen molar-refractivity contribution in [3.63, 3.8) is 0 Å². The molecule has 0 saturated carbocycles. The Hall–Kier alpha value is -5.18. The van der Waals surface area contributed by atoms with Crippen molar-refractivity contribution in [3.8, 4) is 34.1 Å². The molecule has 0 fully saturated rings. The fourth-order valence-electron chi connectivity index (χ4n) is 4.63. The van der Waals surface area contributed by atoms with Crippen LogP contribution in [0.1, 0.15) is 34.7 Å². The van der Waals surface area contributed by atoms with Crippen molar-refractivity contribution in [2.24, 2.45) is 0 Å². The molecular weight excluding hydrogens is 492 g/mol. The number of phenols is 1. The van der Waals surface area contributed by atoms with Crippen LogP contribution in [0.25, 0.3) is 44.6 Å². The molecule has 1 unspecified atom stereocenters. The van der Waals surface area contributed by atoms with E-state index in [-0.39, 0.29) is 17.7 Å². The number of imidazole rings is 2. The first kappa shape index (κ1) is 24.2. The highest BCUT2D eigenvalue weighted by Crippen LogP contribution is 2.35. The monoisotopic (exact) mass is 518 g/mol. The number of fused-ring (bicyclic) bond motifs is 2. The van der Waals surface area contributed by atoms with E-state index in [1.54, 1.807) is 43.6 Å². The van der Waals surface area contributed by atoms with Crippen LogP contribution < -0.4 is 10.1 Å². The van der Waals surface area contributed by atoms with Gasteiger partial charge in [-0.1, -0.05) is 12.1 Å². The number of aromatic hydroxyl groups is 1. The van der Waals surface area contributed by atoms with Crippen molar-refractivity contribution >= 4 is 28.0 Å². The van der Waals surface area contributed by atoms with Gasteiger partial charge in [-0.15, -0.1) is 0 Å². The summed E-state index contributed by atoms with van der Waals surface area (Å²) in [5.74, 6) is 1.51. The lowest BCUT2D eigenvalue weighted by Gasteiger charge is -2.11. The minimum atomic E-state index is -0.317. The Bertz CT molecular complexity index is 1860. The Kier molecular flexibility index (Phi) is 5.95. The van der Waals surface area contributed by atoms with Crippen LogP contribution in [0.4, 0.5) is 0 Å². The second-order valence-corrected chi connectivity index (χ2v) is 9.45. The zero-order valence-corrected chi connectivity index (χ0v) is 21.6. The number of nitrogens with zero attached hydrogens (tertiary/aromatic N) is 3. The van der Waals surface area contributed by atoms with E-state index in [0.29, 0.717) is 39.7 Å². The van der Waals surface area contributed by atoms with Crippen molar-refractivity contribution in [2.75, 3.05) is 7.11 Å². The molecule has 1 amide bonds. The van der Waals surface area contributed by atoms with Gasteiger partial charge in [-0.25, -0.2) is 15.0 Å². The molecule has 0 aliphatic carbocycles. The van der Waals surface area contributed by atoms with Crippen LogP contribution in [0.15, 0.2) is 72.9 Å². The van der Waals surface area contributed by atoms with Crippen LogP contribution in [0.3, 0.4) is 0 Å². The van der Waals surface area contributed by atoms with E-state index in [1.807, 2.05) is 50.2 Å². The van der Waals surface area contributed by atoms with E-state index < -0.39 is 0 Å². The number of ether oxygens (including phenoxy) is 1. The van der Waals surface area contributed by atoms with Crippen molar-refractivity contribution in [3.05, 3.63) is 89.9 Å². The zero-order valence-electron chi connectivity index (χ0n) is 21.6. The number of carbonyl (C=O) groups is 1. The average molecular weight is 519 g/mol. The number of aromatic nitrogens is 5. The quantitative estimate of drug-likeness (QED) is 0.224. The van der Waals surface area contributed by atoms with Crippen LogP contribution in [-0.2, 0) is 0 Å². The lowest BCUT2D eigenvalue weighted by molar-refractivity contribution is 0.0938. The zero-order chi connectivity index (χ0) is 27.1. The van der Waals surface area contributed by atoms with Gasteiger partial charge in [0, 0.05) is 17.3 Å². The average Bonchev–Trinajstić information content (AvgIpc) is 3.57. The number of nitrogens with one attached hydrogen (secondary N) is 3. The number of carbonyl (C=O) groups excluding carboxylic acids is 1. The number of phenolic OH excluding ortho intramolecular Hbond substituents is 1. The molecule has 1 atom stereocenters. The summed E-state index contributed by atoms with van der Waals surface area (Å²) in [7, 11) is 1.57. The Morgan fingerprint density at radius 1 is 0.949 bits per heavy atom. The van der Waals surface area contributed by atoms with E-state index >= 15 is 0 Å². The maximum Gasteiger partial charge on any atom is 0.251 e. The van der Waals surface area contributed by atoms with Crippen molar-refractivity contribution in [1.82, 2.24) is 30.2 Å². The summed E-state index contributed by atoms with van der Waals surface area (Å²) in [5, 5.41) is 13.6. The summed E-state index contributed by atoms with van der Waals surface area (Å²) in [6.45, 7) is 3.91. The third-order valence-electron chi connectivity index (χ3n) is 6.69. The number of pyridine rings is 1. The number of methoxy groups -OCH3 is 1. The van der Waals surface area contributed by atoms with Gasteiger partial charge in [0.15, 0.2) is 0 Å². The van der Waals surface area contributed by atoms with Crippen LogP contribution in [0, 0.1) is 6.92 Å². The lowest BCUT2D eigenvalue weighted by atomic mass is 10.0. The minimum absolute atomic E-state index is 0.0773. The number of aromatic amines is 2. The van der Waals surface area contributed by atoms with Crippen molar-refractivity contribution in [2.45, 2.75) is 19.9 Å². The molecule has 0 spiro atoms. The number of benzene rings is 3. The predicted octanol–water partition coefficient (Wildman–Crippen LogP) is 5.68. The SMILES string of the molecule is COc1ncccc1-c1ccc(O)c(-c2nc3ccc(C(=O)NC(C)c4nc5cc(C)ccc5[nH]4)cc3[nH]2)c1. The topological polar surface area (TPSA) is 129 Å². The molecule has 6 rings (SSSR count). The molecule has 3 aromatic carbocycles. The fraction of sp³-hybridized carbons (Fsp3) is 0.133. The van der Waals surface area contributed by atoms with E-state index in [1.165, 1.54) is 0 Å². The van der Waals surface area contributed by atoms with Crippen molar-refractivity contribution in [1.29, 1.82) is 0 Å². The van der Waals surface area contributed by atoms with Gasteiger partial charge in [-0.3, -0.25) is 4.79 Å². The van der Waals surface area contributed by atoms with Crippen molar-refractivity contribution < 1.29 is 14.6 Å². The van der Waals surface area contributed by atoms with Gasteiger partial charge in [-0.05, 0) is 79.6 Å².